The first-order chi connectivity index (χ1) is 15.7. The van der Waals surface area contributed by atoms with Gasteiger partial charge in [-0.25, -0.2) is 12.7 Å². The molecule has 7 nitrogen and oxygen atoms in total. The number of nitrogens with one attached hydrogen (secondary N) is 1. The van der Waals surface area contributed by atoms with E-state index in [4.69, 9.17) is 21.1 Å². The van der Waals surface area contributed by atoms with E-state index < -0.39 is 10.0 Å². The largest absolute Gasteiger partial charge is 0.493 e. The Morgan fingerprint density at radius 2 is 1.73 bits per heavy atom. The smallest absolute Gasteiger partial charge is 0.223 e. The molecule has 1 fully saturated rings. The third-order valence-corrected chi connectivity index (χ3v) is 7.64. The zero-order chi connectivity index (χ0) is 24.0. The summed E-state index contributed by atoms with van der Waals surface area (Å²) in [5, 5.41) is 3.53. The fraction of sp³-hybridized carbons (Fsp3) is 0.458. The highest BCUT2D eigenvalue weighted by molar-refractivity contribution is 7.88. The molecule has 9 heteroatoms. The van der Waals surface area contributed by atoms with Gasteiger partial charge in [0.25, 0.3) is 0 Å². The van der Waals surface area contributed by atoms with Crippen molar-refractivity contribution in [1.82, 2.24) is 9.62 Å². The maximum absolute atomic E-state index is 12.8. The molecule has 0 aromatic heterocycles. The van der Waals surface area contributed by atoms with Crippen LogP contribution >= 0.6 is 11.6 Å². The van der Waals surface area contributed by atoms with Crippen molar-refractivity contribution < 1.29 is 22.7 Å². The average molecular weight is 495 g/mol. The highest BCUT2D eigenvalue weighted by Gasteiger charge is 2.31. The third kappa shape index (κ3) is 7.09. The zero-order valence-corrected chi connectivity index (χ0v) is 20.8. The number of rotatable bonds is 9. The molecular weight excluding hydrogens is 464 g/mol. The first kappa shape index (κ1) is 25.3. The monoisotopic (exact) mass is 494 g/mol. The minimum atomic E-state index is -3.44. The molecular formula is C24H31ClN2O5S. The molecule has 0 atom stereocenters. The summed E-state index contributed by atoms with van der Waals surface area (Å²) in [6.07, 6.45) is 1.03. The third-order valence-electron chi connectivity index (χ3n) is 5.54. The van der Waals surface area contributed by atoms with Gasteiger partial charge < -0.3 is 14.8 Å². The molecule has 1 amide bonds. The number of piperidine rings is 1. The van der Waals surface area contributed by atoms with Gasteiger partial charge in [-0.05, 0) is 62.1 Å². The van der Waals surface area contributed by atoms with E-state index in [2.05, 4.69) is 5.32 Å². The Kier molecular flexibility index (Phi) is 8.62. The standard InChI is InChI=1S/C24H31ClN2O5S/c1-17(2)32-22-9-6-19(14-23(22)31-3)15-26-24(28)20-10-12-27(13-11-20)33(29,30)16-18-4-7-21(25)8-5-18/h4-9,14,17,20H,10-13,15-16H2,1-3H3,(H,26,28). The molecule has 2 aromatic carbocycles. The van der Waals surface area contributed by atoms with Crippen LogP contribution in [0.4, 0.5) is 0 Å². The molecule has 1 saturated heterocycles. The van der Waals surface area contributed by atoms with Crippen molar-refractivity contribution in [1.29, 1.82) is 0 Å². The first-order valence-electron chi connectivity index (χ1n) is 11.0. The Balaban J connectivity index is 1.50. The highest BCUT2D eigenvalue weighted by Crippen LogP contribution is 2.29. The summed E-state index contributed by atoms with van der Waals surface area (Å²) in [6.45, 7) is 4.93. The molecule has 0 spiro atoms. The second kappa shape index (κ2) is 11.2. The maximum atomic E-state index is 12.8. The van der Waals surface area contributed by atoms with E-state index in [0.717, 1.165) is 5.56 Å². The van der Waals surface area contributed by atoms with Crippen molar-refractivity contribution in [2.75, 3.05) is 20.2 Å². The van der Waals surface area contributed by atoms with Crippen LogP contribution in [0.15, 0.2) is 42.5 Å². The fourth-order valence-electron chi connectivity index (χ4n) is 3.79. The van der Waals surface area contributed by atoms with Crippen LogP contribution in [-0.4, -0.2) is 44.9 Å². The molecule has 0 unspecified atom stereocenters. The number of sulfonamides is 1. The lowest BCUT2D eigenvalue weighted by Crippen LogP contribution is -2.43. The minimum Gasteiger partial charge on any atom is -0.493 e. The van der Waals surface area contributed by atoms with E-state index in [9.17, 15) is 13.2 Å². The van der Waals surface area contributed by atoms with Crippen molar-refractivity contribution in [3.8, 4) is 11.5 Å². The topological polar surface area (TPSA) is 84.9 Å². The summed E-state index contributed by atoms with van der Waals surface area (Å²) in [6, 6.07) is 12.4. The van der Waals surface area contributed by atoms with E-state index in [0.29, 0.717) is 54.6 Å². The van der Waals surface area contributed by atoms with Crippen molar-refractivity contribution in [2.45, 2.75) is 45.1 Å². The van der Waals surface area contributed by atoms with E-state index in [1.807, 2.05) is 32.0 Å². The van der Waals surface area contributed by atoms with Gasteiger partial charge in [0.15, 0.2) is 11.5 Å². The van der Waals surface area contributed by atoms with Gasteiger partial charge in [-0.3, -0.25) is 4.79 Å². The summed E-state index contributed by atoms with van der Waals surface area (Å²) in [5.74, 6) is 0.937. The molecule has 180 valence electrons. The molecule has 1 N–H and O–H groups in total. The number of hydrogen-bond donors (Lipinski definition) is 1. The molecule has 3 rings (SSSR count). The van der Waals surface area contributed by atoms with Crippen molar-refractivity contribution in [3.63, 3.8) is 0 Å². The van der Waals surface area contributed by atoms with Gasteiger partial charge in [0, 0.05) is 30.6 Å². The Bertz CT molecular complexity index is 1050. The van der Waals surface area contributed by atoms with Gasteiger partial charge >= 0.3 is 0 Å². The van der Waals surface area contributed by atoms with E-state index in [-0.39, 0.29) is 23.7 Å². The molecule has 0 saturated carbocycles. The van der Waals surface area contributed by atoms with E-state index in [1.165, 1.54) is 4.31 Å². The second-order valence-corrected chi connectivity index (χ2v) is 10.8. The maximum Gasteiger partial charge on any atom is 0.223 e. The quantitative estimate of drug-likeness (QED) is 0.569. The lowest BCUT2D eigenvalue weighted by Gasteiger charge is -2.30. The molecule has 1 heterocycles. The Labute approximate surface area is 201 Å². The van der Waals surface area contributed by atoms with Crippen LogP contribution in [0.2, 0.25) is 5.02 Å². The number of hydrogen-bond acceptors (Lipinski definition) is 5. The normalized spacial score (nSPS) is 15.4. The molecule has 0 bridgehead atoms. The van der Waals surface area contributed by atoms with Crippen LogP contribution in [0.5, 0.6) is 11.5 Å². The van der Waals surface area contributed by atoms with Gasteiger partial charge in [-0.2, -0.15) is 0 Å². The number of carbonyl (C=O) groups is 1. The van der Waals surface area contributed by atoms with Crippen molar-refractivity contribution >= 4 is 27.5 Å². The molecule has 0 aliphatic carbocycles. The predicted molar refractivity (Wildman–Crippen MR) is 129 cm³/mol. The van der Waals surface area contributed by atoms with Crippen LogP contribution in [0, 0.1) is 5.92 Å². The second-order valence-electron chi connectivity index (χ2n) is 8.43. The lowest BCUT2D eigenvalue weighted by molar-refractivity contribution is -0.126. The fourth-order valence-corrected chi connectivity index (χ4v) is 5.47. The summed E-state index contributed by atoms with van der Waals surface area (Å²) in [4.78, 5) is 12.7. The summed E-state index contributed by atoms with van der Waals surface area (Å²) in [5.41, 5.74) is 1.60. The lowest BCUT2D eigenvalue weighted by atomic mass is 9.97. The van der Waals surface area contributed by atoms with Crippen molar-refractivity contribution in [3.05, 3.63) is 58.6 Å². The zero-order valence-electron chi connectivity index (χ0n) is 19.2. The van der Waals surface area contributed by atoms with Gasteiger partial charge in [0.2, 0.25) is 15.9 Å². The number of methoxy groups -OCH3 is 1. The van der Waals surface area contributed by atoms with Crippen molar-refractivity contribution in [2.24, 2.45) is 5.92 Å². The van der Waals surface area contributed by atoms with Gasteiger partial charge in [0.1, 0.15) is 0 Å². The van der Waals surface area contributed by atoms with Gasteiger partial charge in [-0.15, -0.1) is 0 Å². The Morgan fingerprint density at radius 1 is 1.09 bits per heavy atom. The molecule has 33 heavy (non-hydrogen) atoms. The molecule has 1 aliphatic rings. The van der Waals surface area contributed by atoms with Crippen LogP contribution in [-0.2, 0) is 27.1 Å². The molecule has 1 aliphatic heterocycles. The summed E-state index contributed by atoms with van der Waals surface area (Å²) >= 11 is 5.87. The van der Waals surface area contributed by atoms with Gasteiger partial charge in [-0.1, -0.05) is 29.8 Å². The number of halogens is 1. The van der Waals surface area contributed by atoms with Crippen LogP contribution in [0.1, 0.15) is 37.8 Å². The number of ether oxygens (including phenoxy) is 2. The number of benzene rings is 2. The molecule has 2 aromatic rings. The summed E-state index contributed by atoms with van der Waals surface area (Å²) < 4.78 is 38.1. The van der Waals surface area contributed by atoms with Crippen LogP contribution < -0.4 is 14.8 Å². The predicted octanol–water partition coefficient (Wildman–Crippen LogP) is 3.99. The highest BCUT2D eigenvalue weighted by atomic mass is 35.5. The van der Waals surface area contributed by atoms with Crippen LogP contribution in [0.25, 0.3) is 0 Å². The Hall–Kier alpha value is -2.29. The van der Waals surface area contributed by atoms with Crippen LogP contribution in [0.3, 0.4) is 0 Å². The van der Waals surface area contributed by atoms with E-state index in [1.54, 1.807) is 31.4 Å². The first-order valence-corrected chi connectivity index (χ1v) is 13.0. The SMILES string of the molecule is COc1cc(CNC(=O)C2CCN(S(=O)(=O)Cc3ccc(Cl)cc3)CC2)ccc1OC(C)C. The minimum absolute atomic E-state index is 0.0327. The van der Waals surface area contributed by atoms with E-state index >= 15 is 0 Å². The number of carbonyl (C=O) groups excluding carboxylic acids is 1. The Morgan fingerprint density at radius 3 is 2.33 bits per heavy atom. The molecule has 0 radical (unpaired) electrons. The van der Waals surface area contributed by atoms with Gasteiger partial charge in [0.05, 0.1) is 19.0 Å². The summed E-state index contributed by atoms with van der Waals surface area (Å²) in [7, 11) is -1.86. The average Bonchev–Trinajstić information content (AvgIpc) is 2.79. The number of nitrogens with zero attached hydrogens (tertiary/aromatic N) is 1. The number of amides is 1.